The van der Waals surface area contributed by atoms with Gasteiger partial charge in [-0.2, -0.15) is 0 Å². The summed E-state index contributed by atoms with van der Waals surface area (Å²) in [5, 5.41) is 4.36. The average molecular weight is 403 g/mol. The van der Waals surface area contributed by atoms with E-state index in [1.807, 2.05) is 19.1 Å². The maximum atomic E-state index is 6.35. The molecule has 28 heavy (non-hydrogen) atoms. The van der Waals surface area contributed by atoms with Crippen molar-refractivity contribution in [2.75, 3.05) is 39.9 Å². The van der Waals surface area contributed by atoms with Crippen LogP contribution in [0, 0.1) is 6.92 Å². The maximum absolute atomic E-state index is 6.35. The van der Waals surface area contributed by atoms with E-state index < -0.39 is 0 Å². The fraction of sp³-hybridized carbons (Fsp3) is 0.478. The molecule has 0 spiro atoms. The number of aryl methyl sites for hydroxylation is 1. The van der Waals surface area contributed by atoms with Crippen molar-refractivity contribution in [1.29, 1.82) is 0 Å². The zero-order valence-electron chi connectivity index (χ0n) is 17.3. The molecule has 1 unspecified atom stereocenters. The molecule has 1 N–H and O–H groups in total. The number of rotatable bonds is 8. The molecule has 0 fully saturated rings. The molecule has 3 rings (SSSR count). The molecule has 0 aromatic heterocycles. The highest BCUT2D eigenvalue weighted by Crippen LogP contribution is 2.38. The van der Waals surface area contributed by atoms with Gasteiger partial charge in [0.25, 0.3) is 0 Å². The fourth-order valence-corrected chi connectivity index (χ4v) is 4.27. The van der Waals surface area contributed by atoms with Gasteiger partial charge in [-0.05, 0) is 67.4 Å². The van der Waals surface area contributed by atoms with Gasteiger partial charge < -0.3 is 19.7 Å². The van der Waals surface area contributed by atoms with Crippen molar-refractivity contribution in [3.8, 4) is 11.5 Å². The summed E-state index contributed by atoms with van der Waals surface area (Å²) in [4.78, 5) is 2.37. The lowest BCUT2D eigenvalue weighted by Gasteiger charge is -2.29. The first kappa shape index (κ1) is 21.0. The number of methoxy groups -OCH3 is 1. The van der Waals surface area contributed by atoms with E-state index in [0.717, 1.165) is 60.2 Å². The minimum Gasteiger partial charge on any atom is -0.496 e. The number of nitrogens with zero attached hydrogens (tertiary/aromatic N) is 1. The number of nitrogens with one attached hydrogen (secondary N) is 1. The summed E-state index contributed by atoms with van der Waals surface area (Å²) >= 11 is 6.35. The summed E-state index contributed by atoms with van der Waals surface area (Å²) in [6, 6.07) is 10.5. The van der Waals surface area contributed by atoms with Gasteiger partial charge in [-0.1, -0.05) is 31.5 Å². The van der Waals surface area contributed by atoms with E-state index in [1.165, 1.54) is 11.1 Å². The van der Waals surface area contributed by atoms with Crippen LogP contribution in [-0.2, 0) is 6.42 Å². The molecule has 1 atom stereocenters. The molecule has 1 aliphatic heterocycles. The topological polar surface area (TPSA) is 33.7 Å². The van der Waals surface area contributed by atoms with E-state index >= 15 is 0 Å². The number of halogens is 1. The number of likely N-dealkylation sites (N-methyl/N-ethyl adjacent to an activating group) is 1. The van der Waals surface area contributed by atoms with E-state index in [-0.39, 0.29) is 6.04 Å². The molecule has 0 saturated carbocycles. The van der Waals surface area contributed by atoms with Crippen LogP contribution in [0.5, 0.6) is 11.5 Å². The summed E-state index contributed by atoms with van der Waals surface area (Å²) in [7, 11) is 1.72. The second-order valence-electron chi connectivity index (χ2n) is 7.22. The Hall–Kier alpha value is -1.75. The van der Waals surface area contributed by atoms with Crippen LogP contribution in [0.4, 0.5) is 0 Å². The largest absolute Gasteiger partial charge is 0.496 e. The summed E-state index contributed by atoms with van der Waals surface area (Å²) in [6.45, 7) is 11.1. The van der Waals surface area contributed by atoms with Gasteiger partial charge in [-0.15, -0.1) is 0 Å². The van der Waals surface area contributed by atoms with Crippen LogP contribution in [-0.4, -0.2) is 44.8 Å². The first-order chi connectivity index (χ1) is 13.6. The number of benzene rings is 2. The predicted octanol–water partition coefficient (Wildman–Crippen LogP) is 4.61. The van der Waals surface area contributed by atoms with Gasteiger partial charge >= 0.3 is 0 Å². The van der Waals surface area contributed by atoms with Crippen molar-refractivity contribution in [3.05, 3.63) is 57.6 Å². The van der Waals surface area contributed by atoms with Crippen LogP contribution in [0.25, 0.3) is 0 Å². The Morgan fingerprint density at radius 2 is 1.93 bits per heavy atom. The van der Waals surface area contributed by atoms with Crippen molar-refractivity contribution in [2.45, 2.75) is 33.2 Å². The van der Waals surface area contributed by atoms with Crippen molar-refractivity contribution in [1.82, 2.24) is 10.2 Å². The van der Waals surface area contributed by atoms with Gasteiger partial charge in [0.1, 0.15) is 18.1 Å². The number of hydrogen-bond donors (Lipinski definition) is 1. The Balaban J connectivity index is 1.82. The Morgan fingerprint density at radius 3 is 2.64 bits per heavy atom. The smallest absolute Gasteiger partial charge is 0.126 e. The summed E-state index contributed by atoms with van der Waals surface area (Å²) in [5.41, 5.74) is 4.73. The first-order valence-electron chi connectivity index (χ1n) is 10.1. The quantitative estimate of drug-likeness (QED) is 0.698. The molecule has 1 heterocycles. The Bertz CT molecular complexity index is 805. The Morgan fingerprint density at radius 1 is 1.14 bits per heavy atom. The second-order valence-corrected chi connectivity index (χ2v) is 7.65. The molecule has 152 valence electrons. The monoisotopic (exact) mass is 402 g/mol. The lowest BCUT2D eigenvalue weighted by molar-refractivity contribution is 0.222. The molecule has 5 heteroatoms. The SMILES string of the molecule is CCN(CC)CCOc1ccc2c(c1)CCNC2c1cc(Cl)cc(C)c1OC. The predicted molar refractivity (Wildman–Crippen MR) is 116 cm³/mol. The summed E-state index contributed by atoms with van der Waals surface area (Å²) < 4.78 is 11.7. The molecule has 2 aromatic rings. The van der Waals surface area contributed by atoms with Crippen LogP contribution in [0.2, 0.25) is 5.02 Å². The zero-order valence-corrected chi connectivity index (χ0v) is 18.1. The first-order valence-corrected chi connectivity index (χ1v) is 10.5. The van der Waals surface area contributed by atoms with Crippen LogP contribution in [0.15, 0.2) is 30.3 Å². The molecule has 0 amide bonds. The van der Waals surface area contributed by atoms with Crippen LogP contribution >= 0.6 is 11.6 Å². The maximum Gasteiger partial charge on any atom is 0.126 e. The third-order valence-electron chi connectivity index (χ3n) is 5.52. The lowest BCUT2D eigenvalue weighted by atomic mass is 9.88. The lowest BCUT2D eigenvalue weighted by Crippen LogP contribution is -2.31. The number of ether oxygens (including phenoxy) is 2. The molecular formula is C23H31ClN2O2. The molecule has 4 nitrogen and oxygen atoms in total. The van der Waals surface area contributed by atoms with Crippen LogP contribution < -0.4 is 14.8 Å². The zero-order chi connectivity index (χ0) is 20.1. The van der Waals surface area contributed by atoms with Crippen molar-refractivity contribution >= 4 is 11.6 Å². The number of fused-ring (bicyclic) bond motifs is 1. The summed E-state index contributed by atoms with van der Waals surface area (Å²) in [6.07, 6.45) is 0.987. The highest BCUT2D eigenvalue weighted by molar-refractivity contribution is 6.30. The van der Waals surface area contributed by atoms with E-state index in [2.05, 4.69) is 42.3 Å². The van der Waals surface area contributed by atoms with Crippen molar-refractivity contribution < 1.29 is 9.47 Å². The van der Waals surface area contributed by atoms with E-state index in [9.17, 15) is 0 Å². The standard InChI is InChI=1S/C23H31ClN2O2/c1-5-26(6-2)11-12-28-19-7-8-20-17(14-19)9-10-25-22(20)21-15-18(24)13-16(3)23(21)27-4/h7-8,13-15,22,25H,5-6,9-12H2,1-4H3. The normalized spacial score (nSPS) is 16.1. The van der Waals surface area contributed by atoms with Crippen molar-refractivity contribution in [3.63, 3.8) is 0 Å². The molecule has 0 aliphatic carbocycles. The van der Waals surface area contributed by atoms with Gasteiger partial charge in [0.2, 0.25) is 0 Å². The van der Waals surface area contributed by atoms with E-state index in [1.54, 1.807) is 7.11 Å². The third-order valence-corrected chi connectivity index (χ3v) is 5.74. The fourth-order valence-electron chi connectivity index (χ4n) is 3.99. The second kappa shape index (κ2) is 9.64. The number of hydrogen-bond acceptors (Lipinski definition) is 4. The highest BCUT2D eigenvalue weighted by atomic mass is 35.5. The minimum absolute atomic E-state index is 0.0702. The van der Waals surface area contributed by atoms with E-state index in [0.29, 0.717) is 6.61 Å². The van der Waals surface area contributed by atoms with Gasteiger partial charge in [0.05, 0.1) is 13.2 Å². The molecule has 1 aliphatic rings. The van der Waals surface area contributed by atoms with E-state index in [4.69, 9.17) is 21.1 Å². The van der Waals surface area contributed by atoms with Crippen LogP contribution in [0.1, 0.15) is 42.1 Å². The van der Waals surface area contributed by atoms with Gasteiger partial charge in [-0.25, -0.2) is 0 Å². The minimum atomic E-state index is 0.0702. The third kappa shape index (κ3) is 4.62. The average Bonchev–Trinajstić information content (AvgIpc) is 2.70. The van der Waals surface area contributed by atoms with Gasteiger partial charge in [0, 0.05) is 23.7 Å². The molecule has 2 aromatic carbocycles. The van der Waals surface area contributed by atoms with Crippen LogP contribution in [0.3, 0.4) is 0 Å². The highest BCUT2D eigenvalue weighted by Gasteiger charge is 2.25. The molecule has 0 saturated heterocycles. The van der Waals surface area contributed by atoms with Crippen molar-refractivity contribution in [2.24, 2.45) is 0 Å². The van der Waals surface area contributed by atoms with Gasteiger partial charge in [0.15, 0.2) is 0 Å². The van der Waals surface area contributed by atoms with Gasteiger partial charge in [-0.3, -0.25) is 0 Å². The Kier molecular flexibility index (Phi) is 7.22. The molecule has 0 bridgehead atoms. The molecule has 0 radical (unpaired) electrons. The Labute approximate surface area is 173 Å². The molecular weight excluding hydrogens is 372 g/mol. The summed E-state index contributed by atoms with van der Waals surface area (Å²) in [5.74, 6) is 1.84.